The minimum absolute atomic E-state index is 0.150. The van der Waals surface area contributed by atoms with Crippen LogP contribution in [0.25, 0.3) is 0 Å². The molecule has 0 aliphatic heterocycles. The fourth-order valence-corrected chi connectivity index (χ4v) is 1.68. The Kier molecular flexibility index (Phi) is 4.78. The highest BCUT2D eigenvalue weighted by Crippen LogP contribution is 2.27. The second kappa shape index (κ2) is 5.67. The van der Waals surface area contributed by atoms with Crippen LogP contribution in [0.3, 0.4) is 0 Å². The maximum Gasteiger partial charge on any atom is 0.138 e. The zero-order valence-corrected chi connectivity index (χ0v) is 11.5. The van der Waals surface area contributed by atoms with Gasteiger partial charge in [0.05, 0.1) is 0 Å². The van der Waals surface area contributed by atoms with Gasteiger partial charge in [-0.1, -0.05) is 27.7 Å². The van der Waals surface area contributed by atoms with Crippen LogP contribution in [0.15, 0.2) is 6.33 Å². The Morgan fingerprint density at radius 3 is 2.69 bits per heavy atom. The van der Waals surface area contributed by atoms with Crippen molar-refractivity contribution in [3.8, 4) is 0 Å². The predicted octanol–water partition coefficient (Wildman–Crippen LogP) is 3.27. The maximum absolute atomic E-state index is 6.35. The van der Waals surface area contributed by atoms with Crippen LogP contribution in [-0.4, -0.2) is 20.1 Å². The van der Waals surface area contributed by atoms with E-state index in [-0.39, 0.29) is 10.8 Å². The normalized spacial score (nSPS) is 14.1. The number of rotatable bonds is 5. The third-order valence-electron chi connectivity index (χ3n) is 2.69. The largest absolute Gasteiger partial charge is 0.250 e. The molecule has 3 nitrogen and oxygen atoms in total. The van der Waals surface area contributed by atoms with Gasteiger partial charge in [-0.2, -0.15) is 5.10 Å². The molecule has 0 saturated carbocycles. The molecule has 1 unspecified atom stereocenters. The van der Waals surface area contributed by atoms with Gasteiger partial charge < -0.3 is 0 Å². The molecule has 0 saturated heterocycles. The summed E-state index contributed by atoms with van der Waals surface area (Å²) in [4.78, 5) is 4.28. The Labute approximate surface area is 103 Å². The summed E-state index contributed by atoms with van der Waals surface area (Å²) in [5.74, 6) is 1.05. The molecular formula is C12H22ClN3. The van der Waals surface area contributed by atoms with E-state index in [1.807, 2.05) is 4.68 Å². The number of halogens is 1. The van der Waals surface area contributed by atoms with Gasteiger partial charge in [-0.05, 0) is 18.3 Å². The number of aryl methyl sites for hydroxylation is 2. The molecule has 0 spiro atoms. The summed E-state index contributed by atoms with van der Waals surface area (Å²) >= 11 is 6.35. The summed E-state index contributed by atoms with van der Waals surface area (Å²) in [7, 11) is 0. The van der Waals surface area contributed by atoms with Crippen molar-refractivity contribution in [2.45, 2.75) is 58.9 Å². The minimum Gasteiger partial charge on any atom is -0.250 e. The first kappa shape index (κ1) is 13.5. The topological polar surface area (TPSA) is 30.7 Å². The van der Waals surface area contributed by atoms with Gasteiger partial charge in [0.25, 0.3) is 0 Å². The van der Waals surface area contributed by atoms with Crippen molar-refractivity contribution in [1.29, 1.82) is 0 Å². The number of hydrogen-bond donors (Lipinski definition) is 0. The predicted molar refractivity (Wildman–Crippen MR) is 67.7 cm³/mol. The quantitative estimate of drug-likeness (QED) is 0.744. The number of hydrogen-bond acceptors (Lipinski definition) is 2. The van der Waals surface area contributed by atoms with E-state index in [2.05, 4.69) is 37.8 Å². The molecule has 1 aromatic heterocycles. The summed E-state index contributed by atoms with van der Waals surface area (Å²) in [5, 5.41) is 4.39. The molecule has 92 valence electrons. The van der Waals surface area contributed by atoms with Crippen LogP contribution in [0.2, 0.25) is 0 Å². The van der Waals surface area contributed by atoms with Gasteiger partial charge in [0.1, 0.15) is 12.2 Å². The minimum atomic E-state index is 0.150. The average molecular weight is 244 g/mol. The van der Waals surface area contributed by atoms with Crippen molar-refractivity contribution in [3.05, 3.63) is 12.2 Å². The Morgan fingerprint density at radius 2 is 2.12 bits per heavy atom. The summed E-state index contributed by atoms with van der Waals surface area (Å²) in [6.07, 6.45) is 4.57. The molecule has 0 aliphatic rings. The van der Waals surface area contributed by atoms with Crippen LogP contribution in [0.1, 0.15) is 46.4 Å². The summed E-state index contributed by atoms with van der Waals surface area (Å²) < 4.78 is 1.98. The molecule has 16 heavy (non-hydrogen) atoms. The Balaban J connectivity index is 2.51. The van der Waals surface area contributed by atoms with Crippen LogP contribution in [0, 0.1) is 5.41 Å². The van der Waals surface area contributed by atoms with E-state index in [0.29, 0.717) is 0 Å². The van der Waals surface area contributed by atoms with Crippen molar-refractivity contribution < 1.29 is 0 Å². The monoisotopic (exact) mass is 243 g/mol. The fraction of sp³-hybridized carbons (Fsp3) is 0.833. The Bertz CT molecular complexity index is 314. The summed E-state index contributed by atoms with van der Waals surface area (Å²) in [6, 6.07) is 0. The highest BCUT2D eigenvalue weighted by molar-refractivity contribution is 6.21. The number of alkyl halides is 1. The first-order valence-corrected chi connectivity index (χ1v) is 6.39. The molecule has 1 atom stereocenters. The van der Waals surface area contributed by atoms with Crippen LogP contribution in [0.5, 0.6) is 0 Å². The highest BCUT2D eigenvalue weighted by Gasteiger charge is 2.22. The third-order valence-corrected chi connectivity index (χ3v) is 3.57. The fourth-order valence-electron chi connectivity index (χ4n) is 1.57. The van der Waals surface area contributed by atoms with E-state index in [1.165, 1.54) is 0 Å². The van der Waals surface area contributed by atoms with Gasteiger partial charge in [-0.3, -0.25) is 4.68 Å². The number of nitrogens with zero attached hydrogens (tertiary/aromatic N) is 3. The van der Waals surface area contributed by atoms with Gasteiger partial charge in [0, 0.05) is 18.3 Å². The van der Waals surface area contributed by atoms with Crippen molar-refractivity contribution in [1.82, 2.24) is 14.8 Å². The molecule has 0 N–H and O–H groups in total. The van der Waals surface area contributed by atoms with Crippen molar-refractivity contribution in [2.75, 3.05) is 0 Å². The standard InChI is InChI=1S/C12H22ClN3/c1-5-8-16-11(14-9-15-16)7-6-10(13)12(2,3)4/h9-10H,5-8H2,1-4H3. The van der Waals surface area contributed by atoms with E-state index in [4.69, 9.17) is 11.6 Å². The van der Waals surface area contributed by atoms with Crippen LogP contribution in [-0.2, 0) is 13.0 Å². The lowest BCUT2D eigenvalue weighted by Crippen LogP contribution is -2.22. The highest BCUT2D eigenvalue weighted by atomic mass is 35.5. The molecule has 1 heterocycles. The second-order valence-electron chi connectivity index (χ2n) is 5.27. The van der Waals surface area contributed by atoms with Crippen molar-refractivity contribution >= 4 is 11.6 Å². The number of aromatic nitrogens is 3. The summed E-state index contributed by atoms with van der Waals surface area (Å²) in [6.45, 7) is 9.59. The lowest BCUT2D eigenvalue weighted by molar-refractivity contribution is 0.370. The van der Waals surface area contributed by atoms with E-state index in [0.717, 1.165) is 31.6 Å². The van der Waals surface area contributed by atoms with Crippen LogP contribution < -0.4 is 0 Å². The zero-order valence-electron chi connectivity index (χ0n) is 10.7. The van der Waals surface area contributed by atoms with Gasteiger partial charge in [0.2, 0.25) is 0 Å². The molecule has 1 aromatic rings. The molecule has 1 rings (SSSR count). The first-order chi connectivity index (χ1) is 7.45. The molecule has 4 heteroatoms. The van der Waals surface area contributed by atoms with Gasteiger partial charge in [0.15, 0.2) is 0 Å². The van der Waals surface area contributed by atoms with Crippen LogP contribution >= 0.6 is 11.6 Å². The van der Waals surface area contributed by atoms with Gasteiger partial charge >= 0.3 is 0 Å². The molecule has 0 bridgehead atoms. The lowest BCUT2D eigenvalue weighted by Gasteiger charge is -2.24. The molecule has 0 radical (unpaired) electrons. The second-order valence-corrected chi connectivity index (χ2v) is 5.80. The molecule has 0 aliphatic carbocycles. The Hall–Kier alpha value is -0.570. The average Bonchev–Trinajstić information content (AvgIpc) is 2.61. The first-order valence-electron chi connectivity index (χ1n) is 5.96. The van der Waals surface area contributed by atoms with Gasteiger partial charge in [-0.25, -0.2) is 4.98 Å². The molecule has 0 amide bonds. The SMILES string of the molecule is CCCn1ncnc1CCC(Cl)C(C)(C)C. The van der Waals surface area contributed by atoms with E-state index in [1.54, 1.807) is 6.33 Å². The zero-order chi connectivity index (χ0) is 12.2. The lowest BCUT2D eigenvalue weighted by atomic mass is 9.89. The van der Waals surface area contributed by atoms with Crippen LogP contribution in [0.4, 0.5) is 0 Å². The molecular weight excluding hydrogens is 222 g/mol. The van der Waals surface area contributed by atoms with E-state index < -0.39 is 0 Å². The maximum atomic E-state index is 6.35. The smallest absolute Gasteiger partial charge is 0.138 e. The van der Waals surface area contributed by atoms with Crippen molar-refractivity contribution in [2.24, 2.45) is 5.41 Å². The van der Waals surface area contributed by atoms with Crippen molar-refractivity contribution in [3.63, 3.8) is 0 Å². The third kappa shape index (κ3) is 3.78. The van der Waals surface area contributed by atoms with E-state index >= 15 is 0 Å². The Morgan fingerprint density at radius 1 is 1.44 bits per heavy atom. The van der Waals surface area contributed by atoms with E-state index in [9.17, 15) is 0 Å². The van der Waals surface area contributed by atoms with Gasteiger partial charge in [-0.15, -0.1) is 11.6 Å². The molecule has 0 fully saturated rings. The molecule has 0 aromatic carbocycles. The summed E-state index contributed by atoms with van der Waals surface area (Å²) in [5.41, 5.74) is 0.150.